The Labute approximate surface area is 86.2 Å². The fraction of sp³-hybridized carbons (Fsp3) is 0.222. The van der Waals surface area contributed by atoms with E-state index < -0.39 is 0 Å². The second-order valence-electron chi connectivity index (χ2n) is 2.37. The van der Waals surface area contributed by atoms with Gasteiger partial charge >= 0.3 is 0 Å². The summed E-state index contributed by atoms with van der Waals surface area (Å²) in [6.07, 6.45) is 3.29. The molecule has 0 atom stereocenters. The lowest BCUT2D eigenvalue weighted by Gasteiger charge is -1.95. The monoisotopic (exact) mass is 215 g/mol. The number of rotatable bonds is 4. The van der Waals surface area contributed by atoms with Crippen molar-refractivity contribution in [2.45, 2.75) is 0 Å². The Bertz CT molecular complexity index is 282. The summed E-state index contributed by atoms with van der Waals surface area (Å²) in [7, 11) is 0. The van der Waals surface area contributed by atoms with Crippen molar-refractivity contribution in [2.75, 3.05) is 12.4 Å². The molecule has 0 bridgehead atoms. The van der Waals surface area contributed by atoms with Crippen molar-refractivity contribution >= 4 is 34.9 Å². The lowest BCUT2D eigenvalue weighted by atomic mass is 10.3. The first-order valence-corrected chi connectivity index (χ1v) is 5.35. The van der Waals surface area contributed by atoms with Gasteiger partial charge in [-0.3, -0.25) is 4.79 Å². The van der Waals surface area contributed by atoms with Gasteiger partial charge in [0, 0.05) is 18.5 Å². The van der Waals surface area contributed by atoms with Crippen LogP contribution in [0.25, 0.3) is 6.08 Å². The van der Waals surface area contributed by atoms with Crippen LogP contribution in [-0.2, 0) is 4.79 Å². The third kappa shape index (κ3) is 4.10. The third-order valence-corrected chi connectivity index (χ3v) is 2.25. The molecule has 0 aliphatic heterocycles. The van der Waals surface area contributed by atoms with Crippen LogP contribution in [0.4, 0.5) is 0 Å². The number of carbonyl (C=O) groups is 1. The molecule has 4 heteroatoms. The zero-order valence-corrected chi connectivity index (χ0v) is 8.57. The number of carbonyl (C=O) groups excluding carboxylic acids is 1. The van der Waals surface area contributed by atoms with E-state index >= 15 is 0 Å². The maximum Gasteiger partial charge on any atom is 0.244 e. The van der Waals surface area contributed by atoms with Crippen LogP contribution in [0.1, 0.15) is 5.56 Å². The van der Waals surface area contributed by atoms with Crippen LogP contribution in [0.2, 0.25) is 0 Å². The molecule has 0 saturated heterocycles. The minimum Gasteiger partial charge on any atom is -0.351 e. The predicted molar refractivity (Wildman–Crippen MR) is 57.1 cm³/mol. The fourth-order valence-electron chi connectivity index (χ4n) is 0.771. The number of hydrogen-bond donors (Lipinski definition) is 1. The van der Waals surface area contributed by atoms with Gasteiger partial charge in [-0.2, -0.15) is 11.3 Å². The van der Waals surface area contributed by atoms with E-state index in [4.69, 9.17) is 11.6 Å². The molecule has 70 valence electrons. The molecule has 1 aromatic rings. The lowest BCUT2D eigenvalue weighted by Crippen LogP contribution is -2.22. The van der Waals surface area contributed by atoms with Crippen molar-refractivity contribution in [1.82, 2.24) is 5.32 Å². The predicted octanol–water partition coefficient (Wildman–Crippen LogP) is 2.12. The van der Waals surface area contributed by atoms with Gasteiger partial charge < -0.3 is 5.32 Å². The van der Waals surface area contributed by atoms with Gasteiger partial charge in [0.2, 0.25) is 5.91 Å². The highest BCUT2D eigenvalue weighted by Gasteiger charge is 1.92. The Morgan fingerprint density at radius 2 is 2.54 bits per heavy atom. The van der Waals surface area contributed by atoms with Crippen molar-refractivity contribution in [2.24, 2.45) is 0 Å². The van der Waals surface area contributed by atoms with Gasteiger partial charge in [-0.05, 0) is 28.5 Å². The molecule has 0 aliphatic rings. The van der Waals surface area contributed by atoms with Crippen molar-refractivity contribution in [3.05, 3.63) is 28.5 Å². The molecule has 2 nitrogen and oxygen atoms in total. The van der Waals surface area contributed by atoms with Crippen LogP contribution < -0.4 is 5.32 Å². The summed E-state index contributed by atoms with van der Waals surface area (Å²) in [6, 6.07) is 1.95. The van der Waals surface area contributed by atoms with Gasteiger partial charge in [-0.1, -0.05) is 0 Å². The molecule has 1 amide bonds. The lowest BCUT2D eigenvalue weighted by molar-refractivity contribution is -0.116. The first-order chi connectivity index (χ1) is 6.33. The molecule has 1 heterocycles. The van der Waals surface area contributed by atoms with Gasteiger partial charge in [0.15, 0.2) is 0 Å². The maximum absolute atomic E-state index is 11.0. The Morgan fingerprint density at radius 1 is 1.69 bits per heavy atom. The fourth-order valence-corrected chi connectivity index (χ4v) is 1.49. The van der Waals surface area contributed by atoms with E-state index in [1.807, 2.05) is 16.8 Å². The molecular weight excluding hydrogens is 206 g/mol. The number of nitrogens with one attached hydrogen (secondary N) is 1. The second kappa shape index (κ2) is 5.78. The first kappa shape index (κ1) is 10.3. The van der Waals surface area contributed by atoms with Crippen molar-refractivity contribution in [1.29, 1.82) is 0 Å². The van der Waals surface area contributed by atoms with Gasteiger partial charge in [-0.25, -0.2) is 0 Å². The van der Waals surface area contributed by atoms with Crippen molar-refractivity contribution < 1.29 is 4.79 Å². The van der Waals surface area contributed by atoms with E-state index in [1.165, 1.54) is 6.08 Å². The molecule has 0 aromatic carbocycles. The molecule has 0 aliphatic carbocycles. The Morgan fingerprint density at radius 3 is 3.15 bits per heavy atom. The standard InChI is InChI=1S/C9H10ClNOS/c10-4-5-11-9(12)2-1-8-3-6-13-7-8/h1-3,6-7H,4-5H2,(H,11,12)/b2-1+. The summed E-state index contributed by atoms with van der Waals surface area (Å²) in [4.78, 5) is 11.0. The third-order valence-electron chi connectivity index (χ3n) is 1.36. The van der Waals surface area contributed by atoms with Crippen molar-refractivity contribution in [3.8, 4) is 0 Å². The minimum absolute atomic E-state index is 0.105. The number of halogens is 1. The molecule has 1 N–H and O–H groups in total. The van der Waals surface area contributed by atoms with E-state index in [9.17, 15) is 4.79 Å². The summed E-state index contributed by atoms with van der Waals surface area (Å²) >= 11 is 7.01. The normalized spacial score (nSPS) is 10.5. The van der Waals surface area contributed by atoms with E-state index in [-0.39, 0.29) is 5.91 Å². The Balaban J connectivity index is 2.35. The first-order valence-electron chi connectivity index (χ1n) is 3.87. The minimum atomic E-state index is -0.105. The number of alkyl halides is 1. The molecule has 0 fully saturated rings. The molecule has 1 rings (SSSR count). The van der Waals surface area contributed by atoms with E-state index in [2.05, 4.69) is 5.32 Å². The van der Waals surface area contributed by atoms with E-state index in [0.29, 0.717) is 12.4 Å². The van der Waals surface area contributed by atoms with E-state index in [0.717, 1.165) is 5.56 Å². The average Bonchev–Trinajstić information content (AvgIpc) is 2.64. The van der Waals surface area contributed by atoms with Gasteiger partial charge in [-0.15, -0.1) is 11.6 Å². The SMILES string of the molecule is O=C(/C=C/c1ccsc1)NCCCl. The highest BCUT2D eigenvalue weighted by molar-refractivity contribution is 7.08. The molecule has 1 aromatic heterocycles. The van der Waals surface area contributed by atoms with Crippen LogP contribution in [0, 0.1) is 0 Å². The largest absolute Gasteiger partial charge is 0.351 e. The smallest absolute Gasteiger partial charge is 0.244 e. The summed E-state index contributed by atoms with van der Waals surface area (Å²) in [5.74, 6) is 0.338. The van der Waals surface area contributed by atoms with Crippen LogP contribution >= 0.6 is 22.9 Å². The highest BCUT2D eigenvalue weighted by Crippen LogP contribution is 2.07. The van der Waals surface area contributed by atoms with Gasteiger partial charge in [0.25, 0.3) is 0 Å². The van der Waals surface area contributed by atoms with Crippen molar-refractivity contribution in [3.63, 3.8) is 0 Å². The molecule has 13 heavy (non-hydrogen) atoms. The summed E-state index contributed by atoms with van der Waals surface area (Å²) < 4.78 is 0. The van der Waals surface area contributed by atoms with Crippen LogP contribution in [0.3, 0.4) is 0 Å². The number of amides is 1. The van der Waals surface area contributed by atoms with Crippen LogP contribution in [-0.4, -0.2) is 18.3 Å². The molecule has 0 radical (unpaired) electrons. The summed E-state index contributed by atoms with van der Waals surface area (Å²) in [5, 5.41) is 6.59. The molecule has 0 saturated carbocycles. The van der Waals surface area contributed by atoms with Crippen LogP contribution in [0.15, 0.2) is 22.9 Å². The summed E-state index contributed by atoms with van der Waals surface area (Å²) in [6.45, 7) is 0.508. The molecular formula is C9H10ClNOS. The second-order valence-corrected chi connectivity index (χ2v) is 3.53. The molecule has 0 spiro atoms. The number of thiophene rings is 1. The highest BCUT2D eigenvalue weighted by atomic mass is 35.5. The van der Waals surface area contributed by atoms with Crippen LogP contribution in [0.5, 0.6) is 0 Å². The zero-order valence-electron chi connectivity index (χ0n) is 7.00. The Kier molecular flexibility index (Phi) is 4.57. The van der Waals surface area contributed by atoms with E-state index in [1.54, 1.807) is 17.4 Å². The molecule has 0 unspecified atom stereocenters. The maximum atomic E-state index is 11.0. The zero-order chi connectivity index (χ0) is 9.52. The number of hydrogen-bond acceptors (Lipinski definition) is 2. The quantitative estimate of drug-likeness (QED) is 0.605. The summed E-state index contributed by atoms with van der Waals surface area (Å²) in [5.41, 5.74) is 1.05. The van der Waals surface area contributed by atoms with Gasteiger partial charge in [0.05, 0.1) is 0 Å². The topological polar surface area (TPSA) is 29.1 Å². The average molecular weight is 216 g/mol. The van der Waals surface area contributed by atoms with Gasteiger partial charge in [0.1, 0.15) is 0 Å². The Hall–Kier alpha value is -0.800.